The zero-order valence-electron chi connectivity index (χ0n) is 13.2. The lowest BCUT2D eigenvalue weighted by molar-refractivity contribution is 0.0355. The van der Waals surface area contributed by atoms with Crippen molar-refractivity contribution in [1.29, 1.82) is 0 Å². The fraction of sp³-hybridized carbons (Fsp3) is 1.00. The summed E-state index contributed by atoms with van der Waals surface area (Å²) in [5.41, 5.74) is 0. The maximum atomic E-state index is 6.05. The van der Waals surface area contributed by atoms with E-state index in [2.05, 4.69) is 18.7 Å². The molecule has 0 amide bonds. The van der Waals surface area contributed by atoms with Crippen LogP contribution in [0.1, 0.15) is 46.0 Å². The van der Waals surface area contributed by atoms with Crippen LogP contribution in [0.5, 0.6) is 0 Å². The van der Waals surface area contributed by atoms with E-state index in [1.54, 1.807) is 0 Å². The Hall–Kier alpha value is 0.530. The third-order valence-electron chi connectivity index (χ3n) is 4.39. The second-order valence-electron chi connectivity index (χ2n) is 6.76. The molecule has 2 fully saturated rings. The molecule has 0 saturated carbocycles. The van der Waals surface area contributed by atoms with Crippen molar-refractivity contribution >= 4 is 18.3 Å². The SMILES string of the molecule is CC(C)CO[P@@](C)(=S)OC[C@@H]1CCCN2CCCC[C@H]12. The number of rotatable bonds is 6. The second-order valence-corrected chi connectivity index (χ2v) is 10.8. The van der Waals surface area contributed by atoms with Crippen molar-refractivity contribution in [3.05, 3.63) is 0 Å². The summed E-state index contributed by atoms with van der Waals surface area (Å²) in [4.78, 5) is 2.68. The Labute approximate surface area is 129 Å². The molecule has 2 aliphatic rings. The largest absolute Gasteiger partial charge is 0.329 e. The van der Waals surface area contributed by atoms with Gasteiger partial charge in [-0.15, -0.1) is 0 Å². The van der Waals surface area contributed by atoms with Crippen molar-refractivity contribution in [3.8, 4) is 0 Å². The van der Waals surface area contributed by atoms with Gasteiger partial charge >= 0.3 is 0 Å². The van der Waals surface area contributed by atoms with Crippen LogP contribution >= 0.6 is 6.49 Å². The molecule has 5 heteroatoms. The van der Waals surface area contributed by atoms with Gasteiger partial charge in [0, 0.05) is 12.7 Å². The summed E-state index contributed by atoms with van der Waals surface area (Å²) in [6.45, 7) is 8.31. The van der Waals surface area contributed by atoms with E-state index in [1.807, 2.05) is 6.66 Å². The van der Waals surface area contributed by atoms with Crippen LogP contribution in [0.25, 0.3) is 0 Å². The van der Waals surface area contributed by atoms with E-state index >= 15 is 0 Å². The molecule has 3 nitrogen and oxygen atoms in total. The van der Waals surface area contributed by atoms with Crippen LogP contribution in [0.2, 0.25) is 0 Å². The molecular formula is C15H30NO2PS. The van der Waals surface area contributed by atoms with Crippen LogP contribution in [0, 0.1) is 11.8 Å². The highest BCUT2D eigenvalue weighted by Crippen LogP contribution is 2.46. The van der Waals surface area contributed by atoms with Crippen molar-refractivity contribution in [2.75, 3.05) is 33.0 Å². The highest BCUT2D eigenvalue weighted by Gasteiger charge is 2.33. The van der Waals surface area contributed by atoms with Crippen molar-refractivity contribution in [2.24, 2.45) is 11.8 Å². The van der Waals surface area contributed by atoms with Gasteiger partial charge in [0.25, 0.3) is 0 Å². The third-order valence-corrected chi connectivity index (χ3v) is 6.26. The van der Waals surface area contributed by atoms with Gasteiger partial charge in [-0.05, 0) is 62.4 Å². The van der Waals surface area contributed by atoms with Gasteiger partial charge < -0.3 is 13.9 Å². The molecule has 118 valence electrons. The van der Waals surface area contributed by atoms with Gasteiger partial charge in [-0.3, -0.25) is 0 Å². The molecule has 0 aliphatic carbocycles. The third kappa shape index (κ3) is 5.06. The Balaban J connectivity index is 1.81. The zero-order valence-corrected chi connectivity index (χ0v) is 14.9. The number of hydrogen-bond acceptors (Lipinski definition) is 4. The van der Waals surface area contributed by atoms with Gasteiger partial charge in [-0.25, -0.2) is 0 Å². The smallest absolute Gasteiger partial charge is 0.185 e. The molecule has 0 aromatic rings. The maximum Gasteiger partial charge on any atom is 0.185 e. The van der Waals surface area contributed by atoms with Crippen LogP contribution < -0.4 is 0 Å². The molecule has 2 aliphatic heterocycles. The molecule has 0 aromatic carbocycles. The molecular weight excluding hydrogens is 289 g/mol. The first-order valence-electron chi connectivity index (χ1n) is 8.08. The van der Waals surface area contributed by atoms with Crippen LogP contribution in [-0.2, 0) is 20.9 Å². The average Bonchev–Trinajstić information content (AvgIpc) is 2.43. The van der Waals surface area contributed by atoms with Gasteiger partial charge in [-0.1, -0.05) is 20.3 Å². The van der Waals surface area contributed by atoms with Gasteiger partial charge in [-0.2, -0.15) is 0 Å². The number of hydrogen-bond donors (Lipinski definition) is 0. The Morgan fingerprint density at radius 1 is 1.15 bits per heavy atom. The highest BCUT2D eigenvalue weighted by atomic mass is 32.5. The molecule has 2 saturated heterocycles. The Morgan fingerprint density at radius 3 is 2.65 bits per heavy atom. The molecule has 0 unspecified atom stereocenters. The molecule has 2 heterocycles. The molecule has 0 bridgehead atoms. The first-order chi connectivity index (χ1) is 9.48. The van der Waals surface area contributed by atoms with Gasteiger partial charge in [0.05, 0.1) is 13.2 Å². The van der Waals surface area contributed by atoms with E-state index < -0.39 is 6.49 Å². The summed E-state index contributed by atoms with van der Waals surface area (Å²) in [7, 11) is 0. The molecule has 3 atom stereocenters. The average molecular weight is 319 g/mol. The predicted octanol–water partition coefficient (Wildman–Crippen LogP) is 3.88. The fourth-order valence-electron chi connectivity index (χ4n) is 3.32. The lowest BCUT2D eigenvalue weighted by atomic mass is 9.84. The Morgan fingerprint density at radius 2 is 1.90 bits per heavy atom. The number of fused-ring (bicyclic) bond motifs is 1. The van der Waals surface area contributed by atoms with E-state index in [-0.39, 0.29) is 0 Å². The van der Waals surface area contributed by atoms with Crippen molar-refractivity contribution in [2.45, 2.75) is 52.0 Å². The van der Waals surface area contributed by atoms with E-state index in [0.717, 1.165) is 12.6 Å². The standard InChI is InChI=1S/C15H30NO2PS/c1-13(2)11-17-19(3,20)18-12-14-7-6-10-16-9-5-4-8-15(14)16/h13-15H,4-12H2,1-3H3/t14-,15+,19+/m0/s1. The summed E-state index contributed by atoms with van der Waals surface area (Å²) in [5, 5.41) is 0. The van der Waals surface area contributed by atoms with E-state index in [1.165, 1.54) is 45.2 Å². The normalized spacial score (nSPS) is 31.0. The summed E-state index contributed by atoms with van der Waals surface area (Å²) in [6.07, 6.45) is 6.69. The quantitative estimate of drug-likeness (QED) is 0.693. The maximum absolute atomic E-state index is 6.05. The summed E-state index contributed by atoms with van der Waals surface area (Å²) < 4.78 is 11.9. The molecule has 20 heavy (non-hydrogen) atoms. The monoisotopic (exact) mass is 319 g/mol. The van der Waals surface area contributed by atoms with E-state index in [9.17, 15) is 0 Å². The fourth-order valence-corrected chi connectivity index (χ4v) is 4.80. The lowest BCUT2D eigenvalue weighted by Crippen LogP contribution is -2.49. The van der Waals surface area contributed by atoms with Crippen LogP contribution in [0.15, 0.2) is 0 Å². The molecule has 0 N–H and O–H groups in total. The van der Waals surface area contributed by atoms with Gasteiger partial charge in [0.15, 0.2) is 6.49 Å². The van der Waals surface area contributed by atoms with Crippen LogP contribution in [0.4, 0.5) is 0 Å². The van der Waals surface area contributed by atoms with Crippen LogP contribution in [0.3, 0.4) is 0 Å². The minimum Gasteiger partial charge on any atom is -0.329 e. The first-order valence-corrected chi connectivity index (χ1v) is 11.2. The minimum atomic E-state index is -2.05. The van der Waals surface area contributed by atoms with Crippen molar-refractivity contribution in [3.63, 3.8) is 0 Å². The zero-order chi connectivity index (χ0) is 14.6. The lowest BCUT2D eigenvalue weighted by Gasteiger charge is -2.44. The van der Waals surface area contributed by atoms with Gasteiger partial charge in [0.2, 0.25) is 0 Å². The number of nitrogens with zero attached hydrogens (tertiary/aromatic N) is 1. The Kier molecular flexibility index (Phi) is 6.50. The first kappa shape index (κ1) is 16.9. The molecule has 0 aromatic heterocycles. The molecule has 2 rings (SSSR count). The highest BCUT2D eigenvalue weighted by molar-refractivity contribution is 8.09. The summed E-state index contributed by atoms with van der Waals surface area (Å²) >= 11 is 5.53. The molecule has 0 radical (unpaired) electrons. The van der Waals surface area contributed by atoms with E-state index in [0.29, 0.717) is 18.4 Å². The molecule has 0 spiro atoms. The predicted molar refractivity (Wildman–Crippen MR) is 88.9 cm³/mol. The van der Waals surface area contributed by atoms with Crippen LogP contribution in [-0.4, -0.2) is 43.9 Å². The summed E-state index contributed by atoms with van der Waals surface area (Å²) in [6, 6.07) is 0.734. The second kappa shape index (κ2) is 7.69. The van der Waals surface area contributed by atoms with Crippen molar-refractivity contribution in [1.82, 2.24) is 4.90 Å². The topological polar surface area (TPSA) is 21.7 Å². The van der Waals surface area contributed by atoms with Gasteiger partial charge in [0.1, 0.15) is 0 Å². The summed E-state index contributed by atoms with van der Waals surface area (Å²) in [5.74, 6) is 1.18. The van der Waals surface area contributed by atoms with Crippen molar-refractivity contribution < 1.29 is 9.05 Å². The van der Waals surface area contributed by atoms with E-state index in [4.69, 9.17) is 20.9 Å². The number of piperidine rings is 2. The minimum absolute atomic E-state index is 0.518. The Bertz CT molecular complexity index is 349.